The lowest BCUT2D eigenvalue weighted by molar-refractivity contribution is -0.576. The van der Waals surface area contributed by atoms with Gasteiger partial charge in [-0.15, -0.1) is 0 Å². The molecule has 0 N–H and O–H groups in total. The van der Waals surface area contributed by atoms with Crippen LogP contribution in [0.4, 0.5) is 4.39 Å². The number of pyridine rings is 1. The number of amides is 2. The van der Waals surface area contributed by atoms with Gasteiger partial charge >= 0.3 is 5.91 Å². The van der Waals surface area contributed by atoms with Crippen LogP contribution < -0.4 is 9.67 Å². The van der Waals surface area contributed by atoms with Crippen LogP contribution in [0.25, 0.3) is 17.0 Å². The second kappa shape index (κ2) is 8.98. The number of aromatic nitrogens is 3. The lowest BCUT2D eigenvalue weighted by Crippen LogP contribution is -2.39. The van der Waals surface area contributed by atoms with Gasteiger partial charge in [-0.2, -0.15) is 9.67 Å². The van der Waals surface area contributed by atoms with Gasteiger partial charge in [-0.05, 0) is 42.1 Å². The zero-order valence-electron chi connectivity index (χ0n) is 18.9. The molecule has 0 saturated heterocycles. The summed E-state index contributed by atoms with van der Waals surface area (Å²) in [6.07, 6.45) is 3.68. The number of rotatable bonds is 6. The quantitative estimate of drug-likeness (QED) is 0.322. The van der Waals surface area contributed by atoms with Crippen LogP contribution in [-0.2, 0) is 22.6 Å². The van der Waals surface area contributed by atoms with Gasteiger partial charge in [0.05, 0.1) is 17.9 Å². The fourth-order valence-corrected chi connectivity index (χ4v) is 4.19. The van der Waals surface area contributed by atoms with E-state index < -0.39 is 23.5 Å². The zero-order valence-corrected chi connectivity index (χ0v) is 18.9. The molecule has 2 aromatic carbocycles. The van der Waals surface area contributed by atoms with Crippen LogP contribution in [0.15, 0.2) is 85.2 Å². The first-order valence-corrected chi connectivity index (χ1v) is 11.2. The van der Waals surface area contributed by atoms with Gasteiger partial charge < -0.3 is 5.11 Å². The molecular weight excluding hydrogens is 447 g/mol. The Bertz CT molecular complexity index is 1450. The molecule has 0 saturated carbocycles. The van der Waals surface area contributed by atoms with Crippen molar-refractivity contribution in [3.8, 4) is 11.6 Å². The smallest absolute Gasteiger partial charge is 0.327 e. The summed E-state index contributed by atoms with van der Waals surface area (Å²) < 4.78 is 16.1. The molecule has 0 unspecified atom stereocenters. The predicted octanol–water partition coefficient (Wildman–Crippen LogP) is 2.87. The number of hydrogen-bond acceptors (Lipinski definition) is 4. The summed E-state index contributed by atoms with van der Waals surface area (Å²) in [5.41, 5.74) is 1.72. The van der Waals surface area contributed by atoms with Gasteiger partial charge in [-0.1, -0.05) is 43.3 Å². The van der Waals surface area contributed by atoms with E-state index in [2.05, 4.69) is 5.10 Å². The first kappa shape index (κ1) is 22.2. The van der Waals surface area contributed by atoms with Gasteiger partial charge in [0.1, 0.15) is 11.4 Å². The van der Waals surface area contributed by atoms with Crippen molar-refractivity contribution in [1.82, 2.24) is 14.7 Å². The number of carbonyl (C=O) groups is 2. The van der Waals surface area contributed by atoms with Gasteiger partial charge in [0, 0.05) is 17.7 Å². The molecule has 0 atom stereocenters. The minimum absolute atomic E-state index is 0.0114. The molecule has 0 spiro atoms. The number of carbonyl (C=O) groups excluding carboxylic acids is 2. The van der Waals surface area contributed by atoms with Gasteiger partial charge in [0.2, 0.25) is 0 Å². The Morgan fingerprint density at radius 1 is 0.914 bits per heavy atom. The van der Waals surface area contributed by atoms with Crippen molar-refractivity contribution in [2.45, 2.75) is 19.9 Å². The maximum absolute atomic E-state index is 13.7. The monoisotopic (exact) mass is 468 g/mol. The molecule has 3 heterocycles. The summed E-state index contributed by atoms with van der Waals surface area (Å²) in [5, 5.41) is 18.0. The summed E-state index contributed by atoms with van der Waals surface area (Å²) in [6, 6.07) is 19.8. The highest BCUT2D eigenvalue weighted by atomic mass is 19.1. The van der Waals surface area contributed by atoms with E-state index in [0.717, 1.165) is 15.1 Å². The summed E-state index contributed by atoms with van der Waals surface area (Å²) in [5.74, 6) is -2.04. The average Bonchev–Trinajstić information content (AvgIpc) is 3.33. The van der Waals surface area contributed by atoms with Crippen molar-refractivity contribution in [2.24, 2.45) is 0 Å². The van der Waals surface area contributed by atoms with Crippen LogP contribution in [0.3, 0.4) is 0 Å². The molecule has 0 aliphatic carbocycles. The Morgan fingerprint density at radius 3 is 2.23 bits per heavy atom. The maximum atomic E-state index is 13.7. The largest absolute Gasteiger partial charge is 0.858 e. The van der Waals surface area contributed by atoms with Gasteiger partial charge in [0.25, 0.3) is 11.6 Å². The summed E-state index contributed by atoms with van der Waals surface area (Å²) in [7, 11) is 0. The SMILES string of the molecule is CCc1nn(-c2ccc(F)cc2)c([O-])c1C1=C([n+]2ccccc2)C(=O)N(Cc2ccccc2)C1=O. The Labute approximate surface area is 201 Å². The Kier molecular flexibility index (Phi) is 5.70. The molecule has 4 aromatic rings. The van der Waals surface area contributed by atoms with E-state index in [1.54, 1.807) is 35.2 Å². The molecule has 0 fully saturated rings. The predicted molar refractivity (Wildman–Crippen MR) is 124 cm³/mol. The van der Waals surface area contributed by atoms with E-state index in [-0.39, 0.29) is 23.4 Å². The molecule has 0 bridgehead atoms. The summed E-state index contributed by atoms with van der Waals surface area (Å²) >= 11 is 0. The van der Waals surface area contributed by atoms with E-state index in [1.165, 1.54) is 24.3 Å². The molecule has 7 nitrogen and oxygen atoms in total. The first-order valence-electron chi connectivity index (χ1n) is 11.2. The van der Waals surface area contributed by atoms with Crippen LogP contribution in [0.5, 0.6) is 5.88 Å². The Hall–Kier alpha value is -4.59. The van der Waals surface area contributed by atoms with Crippen LogP contribution in [0.2, 0.25) is 0 Å². The van der Waals surface area contributed by atoms with Crippen molar-refractivity contribution in [1.29, 1.82) is 0 Å². The molecule has 174 valence electrons. The van der Waals surface area contributed by atoms with Gasteiger partial charge in [0.15, 0.2) is 12.4 Å². The van der Waals surface area contributed by atoms with Crippen LogP contribution >= 0.6 is 0 Å². The maximum Gasteiger partial charge on any atom is 0.327 e. The standard InChI is InChI=1S/C27H21FN4O3/c1-2-21-22(26(34)32(29-21)20-13-11-19(28)12-14-20)23-24(30-15-7-4-8-16-30)27(35)31(25(23)33)17-18-9-5-3-6-10-18/h3-16H,2,17H2,1H3. The van der Waals surface area contributed by atoms with Crippen molar-refractivity contribution in [3.63, 3.8) is 0 Å². The van der Waals surface area contributed by atoms with Crippen molar-refractivity contribution < 1.29 is 23.7 Å². The minimum Gasteiger partial charge on any atom is -0.858 e. The van der Waals surface area contributed by atoms with E-state index in [4.69, 9.17) is 0 Å². The minimum atomic E-state index is -0.560. The van der Waals surface area contributed by atoms with Crippen molar-refractivity contribution >= 4 is 23.1 Å². The van der Waals surface area contributed by atoms with Crippen molar-refractivity contribution in [3.05, 3.63) is 108 Å². The molecule has 5 rings (SSSR count). The second-order valence-electron chi connectivity index (χ2n) is 8.06. The fourth-order valence-electron chi connectivity index (χ4n) is 4.19. The molecule has 1 aliphatic heterocycles. The molecule has 2 amide bonds. The lowest BCUT2D eigenvalue weighted by Gasteiger charge is -2.15. The number of hydrogen-bond donors (Lipinski definition) is 0. The van der Waals surface area contributed by atoms with Gasteiger partial charge in [-0.3, -0.25) is 14.5 Å². The highest BCUT2D eigenvalue weighted by Crippen LogP contribution is 2.37. The number of nitrogens with zero attached hydrogens (tertiary/aromatic N) is 4. The molecular formula is C27H21FN4O3. The molecule has 8 heteroatoms. The Balaban J connectivity index is 1.69. The molecule has 35 heavy (non-hydrogen) atoms. The zero-order chi connectivity index (χ0) is 24.5. The third-order valence-corrected chi connectivity index (χ3v) is 5.87. The third kappa shape index (κ3) is 3.89. The normalized spacial score (nSPS) is 13.7. The highest BCUT2D eigenvalue weighted by molar-refractivity contribution is 6.44. The first-order chi connectivity index (χ1) is 17.0. The number of imide groups is 1. The number of benzene rings is 2. The van der Waals surface area contributed by atoms with Crippen LogP contribution in [-0.4, -0.2) is 26.5 Å². The molecule has 1 aliphatic rings. The third-order valence-electron chi connectivity index (χ3n) is 5.87. The number of aryl methyl sites for hydroxylation is 1. The van der Waals surface area contributed by atoms with E-state index in [0.29, 0.717) is 17.8 Å². The fraction of sp³-hybridized carbons (Fsp3) is 0.111. The van der Waals surface area contributed by atoms with Crippen LogP contribution in [0, 0.1) is 5.82 Å². The molecule has 0 radical (unpaired) electrons. The Morgan fingerprint density at radius 2 is 1.57 bits per heavy atom. The van der Waals surface area contributed by atoms with E-state index in [9.17, 15) is 19.1 Å². The summed E-state index contributed by atoms with van der Waals surface area (Å²) in [6.45, 7) is 1.89. The lowest BCUT2D eigenvalue weighted by atomic mass is 10.0. The van der Waals surface area contributed by atoms with Crippen molar-refractivity contribution in [2.75, 3.05) is 0 Å². The van der Waals surface area contributed by atoms with Gasteiger partial charge in [-0.25, -0.2) is 9.07 Å². The van der Waals surface area contributed by atoms with E-state index >= 15 is 0 Å². The van der Waals surface area contributed by atoms with Crippen LogP contribution in [0.1, 0.15) is 23.7 Å². The average molecular weight is 468 g/mol. The number of halogens is 1. The topological polar surface area (TPSA) is 82.1 Å². The summed E-state index contributed by atoms with van der Waals surface area (Å²) in [4.78, 5) is 28.5. The molecule has 2 aromatic heterocycles. The highest BCUT2D eigenvalue weighted by Gasteiger charge is 2.46. The second-order valence-corrected chi connectivity index (χ2v) is 8.06. The van der Waals surface area contributed by atoms with E-state index in [1.807, 2.05) is 37.3 Å².